The van der Waals surface area contributed by atoms with Crippen molar-refractivity contribution < 1.29 is 0 Å². The molecule has 0 N–H and O–H groups in total. The van der Waals surface area contributed by atoms with Crippen molar-refractivity contribution >= 4 is 13.5 Å². The highest BCUT2D eigenvalue weighted by molar-refractivity contribution is 6.75. The third-order valence-electron chi connectivity index (χ3n) is 3.71. The highest BCUT2D eigenvalue weighted by Crippen LogP contribution is 2.31. The molecule has 0 aromatic heterocycles. The van der Waals surface area contributed by atoms with Crippen molar-refractivity contribution in [2.45, 2.75) is 31.1 Å². The van der Waals surface area contributed by atoms with Crippen LogP contribution in [-0.4, -0.2) is 41.5 Å². The van der Waals surface area contributed by atoms with Crippen LogP contribution in [0.1, 0.15) is 13.8 Å². The Hall–Kier alpha value is 0.452. The van der Waals surface area contributed by atoms with Crippen LogP contribution in [0.15, 0.2) is 0 Å². The molecule has 0 radical (unpaired) electrons. The Balaban J connectivity index is 2.64. The Morgan fingerprint density at radius 3 is 1.90 bits per heavy atom. The minimum Gasteiger partial charge on any atom is -0.492 e. The molecule has 1 saturated heterocycles. The van der Waals surface area contributed by atoms with Gasteiger partial charge in [0.05, 0.1) is 0 Å². The van der Waals surface area contributed by atoms with Crippen LogP contribution in [0.2, 0.25) is 11.1 Å². The van der Waals surface area contributed by atoms with E-state index >= 15 is 0 Å². The van der Waals surface area contributed by atoms with Gasteiger partial charge >= 0.3 is 13.5 Å². The van der Waals surface area contributed by atoms with Gasteiger partial charge in [-0.2, -0.15) is 11.1 Å². The smallest absolute Gasteiger partial charge is 0.322 e. The molecule has 1 aliphatic heterocycles. The van der Waals surface area contributed by atoms with Crippen LogP contribution in [0.5, 0.6) is 0 Å². The Morgan fingerprint density at radius 1 is 1.30 bits per heavy atom. The lowest BCUT2D eigenvalue weighted by atomic mass is 10.6. The third-order valence-corrected chi connectivity index (χ3v) is 9.63. The van der Waals surface area contributed by atoms with E-state index in [-0.39, 0.29) is 0 Å². The summed E-state index contributed by atoms with van der Waals surface area (Å²) in [6.45, 7) is 4.58. The minimum atomic E-state index is -1.35. The maximum atomic E-state index is 2.58. The zero-order valence-corrected chi connectivity index (χ0v) is 8.91. The molecule has 10 heavy (non-hydrogen) atoms. The summed E-state index contributed by atoms with van der Waals surface area (Å²) in [4.78, 5) is 0. The van der Waals surface area contributed by atoms with E-state index < -0.39 is 13.5 Å². The predicted molar refractivity (Wildman–Crippen MR) is 47.1 cm³/mol. The van der Waals surface area contributed by atoms with Crippen molar-refractivity contribution in [3.05, 3.63) is 0 Å². The van der Waals surface area contributed by atoms with Gasteiger partial charge in [-0.25, -0.2) is 0 Å². The van der Waals surface area contributed by atoms with E-state index in [1.165, 1.54) is 5.28 Å². The maximum absolute atomic E-state index is 2.58. The number of rotatable bonds is 1. The molecule has 0 spiro atoms. The molecule has 0 aliphatic carbocycles. The summed E-state index contributed by atoms with van der Waals surface area (Å²) in [5, 5.41) is 1.37. The van der Waals surface area contributed by atoms with Gasteiger partial charge in [-0.15, -0.1) is 0 Å². The van der Waals surface area contributed by atoms with Gasteiger partial charge in [0.2, 0.25) is 0 Å². The zero-order chi connectivity index (χ0) is 7.94. The molecule has 0 aromatic carbocycles. The lowest BCUT2D eigenvalue weighted by Crippen LogP contribution is -2.78. The molecular formula is C7H18AlN2-. The average Bonchev–Trinajstić information content (AvgIpc) is 2.00. The summed E-state index contributed by atoms with van der Waals surface area (Å²) in [5.74, 6) is 2.45. The molecule has 0 bridgehead atoms. The Bertz CT molecular complexity index is 128. The molecule has 1 rings (SSSR count). The third kappa shape index (κ3) is 0.854. The van der Waals surface area contributed by atoms with Gasteiger partial charge in [0.15, 0.2) is 0 Å². The SMILES string of the molecule is C[CH2][Al-]1([CH3])[N](C)C(C)[N]1C. The van der Waals surface area contributed by atoms with Crippen molar-refractivity contribution in [2.24, 2.45) is 0 Å². The number of hydrogen-bond donors (Lipinski definition) is 0. The lowest BCUT2D eigenvalue weighted by Gasteiger charge is -2.68. The second-order valence-electron chi connectivity index (χ2n) is 3.78. The van der Waals surface area contributed by atoms with Crippen LogP contribution >= 0.6 is 0 Å². The fourth-order valence-electron chi connectivity index (χ4n) is 2.01. The van der Waals surface area contributed by atoms with E-state index in [4.69, 9.17) is 0 Å². The second-order valence-corrected chi connectivity index (χ2v) is 9.03. The average molecular weight is 157 g/mol. The van der Waals surface area contributed by atoms with Crippen molar-refractivity contribution in [1.29, 1.82) is 0 Å². The van der Waals surface area contributed by atoms with Crippen LogP contribution in [0.3, 0.4) is 0 Å². The first-order valence-electron chi connectivity index (χ1n) is 4.20. The Labute approximate surface area is 66.9 Å². The Morgan fingerprint density at radius 2 is 1.70 bits per heavy atom. The molecule has 1 fully saturated rings. The second kappa shape index (κ2) is 2.49. The molecule has 1 heterocycles. The first-order valence-corrected chi connectivity index (χ1v) is 7.20. The summed E-state index contributed by atoms with van der Waals surface area (Å²) in [7, 11) is 4.53. The van der Waals surface area contributed by atoms with Gasteiger partial charge in [0.1, 0.15) is 0 Å². The van der Waals surface area contributed by atoms with E-state index in [9.17, 15) is 0 Å². The molecule has 3 heteroatoms. The fraction of sp³-hybridized carbons (Fsp3) is 1.00. The normalized spacial score (nSPS) is 43.5. The van der Waals surface area contributed by atoms with Gasteiger partial charge in [-0.1, -0.05) is 21.0 Å². The van der Waals surface area contributed by atoms with Gasteiger partial charge < -0.3 is 7.77 Å². The van der Waals surface area contributed by atoms with Crippen LogP contribution < -0.4 is 0 Å². The standard InChI is InChI=1S/C4H10N2.C2H5.CH3.Al/c1-4(5-2)6-3;1-2;;/h4H,1-3H3;1H2,2H3;1H3;/q-2;;;+1. The zero-order valence-electron chi connectivity index (χ0n) is 7.76. The van der Waals surface area contributed by atoms with Crippen LogP contribution in [0.4, 0.5) is 0 Å². The molecule has 1 aliphatic rings. The summed E-state index contributed by atoms with van der Waals surface area (Å²) in [6.07, 6.45) is 0.690. The van der Waals surface area contributed by atoms with Crippen LogP contribution in [0, 0.1) is 0 Å². The van der Waals surface area contributed by atoms with E-state index in [1.54, 1.807) is 0 Å². The van der Waals surface area contributed by atoms with E-state index in [2.05, 4.69) is 41.5 Å². The topological polar surface area (TPSA) is 6.48 Å². The van der Waals surface area contributed by atoms with E-state index in [0.717, 1.165) is 0 Å². The van der Waals surface area contributed by atoms with Crippen LogP contribution in [0.25, 0.3) is 0 Å². The first-order chi connectivity index (χ1) is 4.54. The van der Waals surface area contributed by atoms with Gasteiger partial charge in [-0.3, -0.25) is 0 Å². The summed E-state index contributed by atoms with van der Waals surface area (Å²) < 4.78 is 5.15. The van der Waals surface area contributed by atoms with Gasteiger partial charge in [0, 0.05) is 0 Å². The van der Waals surface area contributed by atoms with E-state index in [1.807, 2.05) is 0 Å². The lowest BCUT2D eigenvalue weighted by molar-refractivity contribution is 0.126. The van der Waals surface area contributed by atoms with Crippen molar-refractivity contribution in [3.8, 4) is 0 Å². The highest BCUT2D eigenvalue weighted by Gasteiger charge is 2.44. The van der Waals surface area contributed by atoms with Crippen molar-refractivity contribution in [1.82, 2.24) is 7.77 Å². The largest absolute Gasteiger partial charge is 0.492 e. The molecule has 2 nitrogen and oxygen atoms in total. The van der Waals surface area contributed by atoms with Crippen molar-refractivity contribution in [2.75, 3.05) is 14.1 Å². The van der Waals surface area contributed by atoms with E-state index in [0.29, 0.717) is 6.17 Å². The molecule has 0 saturated carbocycles. The maximum Gasteiger partial charge on any atom is 0.322 e. The summed E-state index contributed by atoms with van der Waals surface area (Å²) in [5.41, 5.74) is 0. The molecule has 60 valence electrons. The molecule has 0 aromatic rings. The van der Waals surface area contributed by atoms with Crippen molar-refractivity contribution in [3.63, 3.8) is 0 Å². The molecular weight excluding hydrogens is 139 g/mol. The van der Waals surface area contributed by atoms with Gasteiger partial charge in [0.25, 0.3) is 0 Å². The molecule has 0 unspecified atom stereocenters. The highest BCUT2D eigenvalue weighted by atomic mass is 27.3. The monoisotopic (exact) mass is 157 g/mol. The summed E-state index contributed by atoms with van der Waals surface area (Å²) in [6, 6.07) is 0. The molecule has 0 amide bonds. The minimum absolute atomic E-state index is 0.690. The van der Waals surface area contributed by atoms with Crippen LogP contribution in [-0.2, 0) is 0 Å². The fourth-order valence-corrected chi connectivity index (χ4v) is 5.80. The quantitative estimate of drug-likeness (QED) is 0.529. The summed E-state index contributed by atoms with van der Waals surface area (Å²) >= 11 is -1.35. The number of hydrogen-bond acceptors (Lipinski definition) is 2. The number of nitrogens with zero attached hydrogens (tertiary/aromatic N) is 2. The Kier molecular flexibility index (Phi) is 2.13. The first kappa shape index (κ1) is 8.55. The molecule has 0 atom stereocenters. The van der Waals surface area contributed by atoms with Gasteiger partial charge in [-0.05, 0) is 13.1 Å². The predicted octanol–water partition coefficient (Wildman–Crippen LogP) is 1.30.